The van der Waals surface area contributed by atoms with Crippen LogP contribution in [0.1, 0.15) is 37.6 Å². The molecule has 0 bridgehead atoms. The van der Waals surface area contributed by atoms with E-state index in [1.54, 1.807) is 11.3 Å². The van der Waals surface area contributed by atoms with Crippen molar-refractivity contribution >= 4 is 33.4 Å². The predicted molar refractivity (Wildman–Crippen MR) is 104 cm³/mol. The van der Waals surface area contributed by atoms with Crippen LogP contribution in [0.5, 0.6) is 0 Å². The molecule has 3 rings (SSSR count). The first-order valence-electron chi connectivity index (χ1n) is 9.13. The summed E-state index contributed by atoms with van der Waals surface area (Å²) in [6.45, 7) is 6.22. The summed E-state index contributed by atoms with van der Waals surface area (Å²) in [5.74, 6) is 0.206. The van der Waals surface area contributed by atoms with E-state index in [0.29, 0.717) is 13.1 Å². The van der Waals surface area contributed by atoms with E-state index in [1.165, 1.54) is 11.6 Å². The first-order valence-corrected chi connectivity index (χ1v) is 9.94. The minimum absolute atomic E-state index is 0.00837. The number of para-hydroxylation sites is 1. The summed E-state index contributed by atoms with van der Waals surface area (Å²) in [6.07, 6.45) is 1.98. The molecular formula is C19H26N4O2S. The van der Waals surface area contributed by atoms with Gasteiger partial charge in [-0.15, -0.1) is 11.3 Å². The molecule has 1 aliphatic heterocycles. The highest BCUT2D eigenvalue weighted by Gasteiger charge is 2.22. The van der Waals surface area contributed by atoms with Gasteiger partial charge in [0.1, 0.15) is 0 Å². The lowest BCUT2D eigenvalue weighted by molar-refractivity contribution is -0.122. The molecule has 2 aromatic rings. The second-order valence-electron chi connectivity index (χ2n) is 7.00. The quantitative estimate of drug-likeness (QED) is 0.812. The summed E-state index contributed by atoms with van der Waals surface area (Å²) in [7, 11) is 0. The Labute approximate surface area is 158 Å². The van der Waals surface area contributed by atoms with E-state index in [2.05, 4.69) is 33.5 Å². The van der Waals surface area contributed by atoms with Crippen LogP contribution in [-0.2, 0) is 9.59 Å². The molecule has 0 saturated carbocycles. The number of likely N-dealkylation sites (tertiary alicyclic amines) is 1. The van der Waals surface area contributed by atoms with E-state index >= 15 is 0 Å². The SMILES string of the molecule is CC(=O)N[C@H]1CCCN(CC(=O)NC[C@H](C)c2nc3ccccc3s2)C1. The monoisotopic (exact) mass is 374 g/mol. The summed E-state index contributed by atoms with van der Waals surface area (Å²) in [5.41, 5.74) is 1.02. The van der Waals surface area contributed by atoms with Gasteiger partial charge >= 0.3 is 0 Å². The molecule has 2 amide bonds. The molecule has 1 fully saturated rings. The largest absolute Gasteiger partial charge is 0.354 e. The van der Waals surface area contributed by atoms with E-state index in [9.17, 15) is 9.59 Å². The summed E-state index contributed by atoms with van der Waals surface area (Å²) in [4.78, 5) is 30.3. The van der Waals surface area contributed by atoms with Gasteiger partial charge in [0.15, 0.2) is 0 Å². The summed E-state index contributed by atoms with van der Waals surface area (Å²) in [6, 6.07) is 8.25. The van der Waals surface area contributed by atoms with Crippen molar-refractivity contribution in [1.82, 2.24) is 20.5 Å². The molecule has 1 aromatic heterocycles. The molecule has 140 valence electrons. The lowest BCUT2D eigenvalue weighted by atomic mass is 10.1. The van der Waals surface area contributed by atoms with Gasteiger partial charge in [0.25, 0.3) is 0 Å². The predicted octanol–water partition coefficient (Wildman–Crippen LogP) is 2.12. The molecule has 6 nitrogen and oxygen atoms in total. The molecular weight excluding hydrogens is 348 g/mol. The second-order valence-corrected chi connectivity index (χ2v) is 8.06. The number of aromatic nitrogens is 1. The average molecular weight is 375 g/mol. The number of piperidine rings is 1. The summed E-state index contributed by atoms with van der Waals surface area (Å²) in [5, 5.41) is 7.03. The Balaban J connectivity index is 1.46. The van der Waals surface area contributed by atoms with Crippen molar-refractivity contribution in [1.29, 1.82) is 0 Å². The van der Waals surface area contributed by atoms with Gasteiger partial charge in [-0.2, -0.15) is 0 Å². The van der Waals surface area contributed by atoms with Crippen LogP contribution in [0.3, 0.4) is 0 Å². The molecule has 2 heterocycles. The molecule has 26 heavy (non-hydrogen) atoms. The summed E-state index contributed by atoms with van der Waals surface area (Å²) < 4.78 is 1.18. The van der Waals surface area contributed by atoms with Crippen LogP contribution in [-0.4, -0.2) is 53.9 Å². The maximum Gasteiger partial charge on any atom is 0.234 e. The van der Waals surface area contributed by atoms with Crippen molar-refractivity contribution in [2.24, 2.45) is 0 Å². The standard InChI is InChI=1S/C19H26N4O2S/c1-13(19-22-16-7-3-4-8-17(16)26-19)10-20-18(25)12-23-9-5-6-15(11-23)21-14(2)24/h3-4,7-8,13,15H,5-6,9-12H2,1-2H3,(H,20,25)(H,21,24)/t13-,15-/m0/s1. The zero-order valence-corrected chi connectivity index (χ0v) is 16.1. The molecule has 2 N–H and O–H groups in total. The van der Waals surface area contributed by atoms with Crippen LogP contribution < -0.4 is 10.6 Å². The molecule has 2 atom stereocenters. The fourth-order valence-corrected chi connectivity index (χ4v) is 4.34. The van der Waals surface area contributed by atoms with Crippen LogP contribution in [0.4, 0.5) is 0 Å². The Hall–Kier alpha value is -1.99. The third kappa shape index (κ3) is 5.02. The van der Waals surface area contributed by atoms with Crippen LogP contribution in [0, 0.1) is 0 Å². The Bertz CT molecular complexity index is 743. The molecule has 1 saturated heterocycles. The van der Waals surface area contributed by atoms with Gasteiger partial charge in [0.2, 0.25) is 11.8 Å². The van der Waals surface area contributed by atoms with Crippen molar-refractivity contribution in [3.8, 4) is 0 Å². The number of hydrogen-bond acceptors (Lipinski definition) is 5. The second kappa shape index (κ2) is 8.60. The number of fused-ring (bicyclic) bond motifs is 1. The lowest BCUT2D eigenvalue weighted by Crippen LogP contribution is -2.50. The highest BCUT2D eigenvalue weighted by molar-refractivity contribution is 7.18. The first-order chi connectivity index (χ1) is 12.5. The van der Waals surface area contributed by atoms with Crippen molar-refractivity contribution in [2.75, 3.05) is 26.2 Å². The number of benzene rings is 1. The lowest BCUT2D eigenvalue weighted by Gasteiger charge is -2.32. The average Bonchev–Trinajstić information content (AvgIpc) is 3.03. The van der Waals surface area contributed by atoms with E-state index in [1.807, 2.05) is 18.2 Å². The third-order valence-electron chi connectivity index (χ3n) is 4.62. The fraction of sp³-hybridized carbons (Fsp3) is 0.526. The van der Waals surface area contributed by atoms with Gasteiger partial charge in [-0.25, -0.2) is 4.98 Å². The Morgan fingerprint density at radius 3 is 2.96 bits per heavy atom. The first kappa shape index (κ1) is 18.8. The van der Waals surface area contributed by atoms with Crippen LogP contribution in [0.25, 0.3) is 10.2 Å². The van der Waals surface area contributed by atoms with Gasteiger partial charge in [0, 0.05) is 32.0 Å². The van der Waals surface area contributed by atoms with Crippen molar-refractivity contribution in [2.45, 2.75) is 38.6 Å². The summed E-state index contributed by atoms with van der Waals surface area (Å²) >= 11 is 1.69. The molecule has 1 aromatic carbocycles. The van der Waals surface area contributed by atoms with E-state index in [-0.39, 0.29) is 23.8 Å². The Morgan fingerprint density at radius 1 is 1.38 bits per heavy atom. The van der Waals surface area contributed by atoms with Gasteiger partial charge in [-0.05, 0) is 31.5 Å². The van der Waals surface area contributed by atoms with Gasteiger partial charge < -0.3 is 10.6 Å². The molecule has 0 spiro atoms. The molecule has 0 unspecified atom stereocenters. The highest BCUT2D eigenvalue weighted by atomic mass is 32.1. The highest BCUT2D eigenvalue weighted by Crippen LogP contribution is 2.26. The molecule has 7 heteroatoms. The third-order valence-corrected chi connectivity index (χ3v) is 5.89. The fourth-order valence-electron chi connectivity index (χ4n) is 3.32. The molecule has 0 aliphatic carbocycles. The van der Waals surface area contributed by atoms with Gasteiger partial charge in [0.05, 0.1) is 21.8 Å². The van der Waals surface area contributed by atoms with Crippen molar-refractivity contribution in [3.63, 3.8) is 0 Å². The zero-order chi connectivity index (χ0) is 18.5. The number of hydrogen-bond donors (Lipinski definition) is 2. The number of carbonyl (C=O) groups is 2. The Kier molecular flexibility index (Phi) is 6.21. The number of nitrogens with zero attached hydrogens (tertiary/aromatic N) is 2. The minimum atomic E-state index is -0.00837. The smallest absolute Gasteiger partial charge is 0.234 e. The topological polar surface area (TPSA) is 74.3 Å². The van der Waals surface area contributed by atoms with E-state index in [0.717, 1.165) is 36.5 Å². The molecule has 1 aliphatic rings. The number of nitrogens with one attached hydrogen (secondary N) is 2. The van der Waals surface area contributed by atoms with Crippen LogP contribution in [0.2, 0.25) is 0 Å². The number of carbonyl (C=O) groups excluding carboxylic acids is 2. The number of rotatable bonds is 6. The van der Waals surface area contributed by atoms with Crippen molar-refractivity contribution in [3.05, 3.63) is 29.3 Å². The van der Waals surface area contributed by atoms with Crippen LogP contribution >= 0.6 is 11.3 Å². The van der Waals surface area contributed by atoms with E-state index < -0.39 is 0 Å². The molecule has 0 radical (unpaired) electrons. The normalized spacial score (nSPS) is 19.2. The maximum atomic E-state index is 12.3. The van der Waals surface area contributed by atoms with Gasteiger partial charge in [-0.3, -0.25) is 14.5 Å². The number of thiazole rings is 1. The van der Waals surface area contributed by atoms with Crippen molar-refractivity contribution < 1.29 is 9.59 Å². The maximum absolute atomic E-state index is 12.3. The number of amides is 2. The Morgan fingerprint density at radius 2 is 2.19 bits per heavy atom. The zero-order valence-electron chi connectivity index (χ0n) is 15.3. The van der Waals surface area contributed by atoms with E-state index in [4.69, 9.17) is 0 Å². The van der Waals surface area contributed by atoms with Gasteiger partial charge in [-0.1, -0.05) is 19.1 Å². The van der Waals surface area contributed by atoms with Crippen LogP contribution in [0.15, 0.2) is 24.3 Å². The minimum Gasteiger partial charge on any atom is -0.354 e.